The molecule has 7 heteroatoms. The van der Waals surface area contributed by atoms with Gasteiger partial charge in [-0.25, -0.2) is 15.0 Å². The van der Waals surface area contributed by atoms with E-state index in [0.717, 1.165) is 48.6 Å². The Kier molecular flexibility index (Phi) is 5.88. The van der Waals surface area contributed by atoms with Gasteiger partial charge in [-0.1, -0.05) is 19.9 Å². The van der Waals surface area contributed by atoms with Gasteiger partial charge in [0.2, 0.25) is 5.91 Å². The van der Waals surface area contributed by atoms with Gasteiger partial charge in [-0.2, -0.15) is 0 Å². The number of hydrogen-bond acceptors (Lipinski definition) is 5. The molecule has 1 aliphatic heterocycles. The smallest absolute Gasteiger partial charge is 0.245 e. The quantitative estimate of drug-likeness (QED) is 0.646. The minimum atomic E-state index is -0.230. The first kappa shape index (κ1) is 20.2. The molecule has 30 heavy (non-hydrogen) atoms. The number of rotatable bonds is 5. The molecule has 3 aromatic rings. The van der Waals surface area contributed by atoms with Gasteiger partial charge in [-0.3, -0.25) is 9.78 Å². The van der Waals surface area contributed by atoms with Crippen molar-refractivity contribution in [2.24, 2.45) is 0 Å². The van der Waals surface area contributed by atoms with E-state index in [-0.39, 0.29) is 17.9 Å². The summed E-state index contributed by atoms with van der Waals surface area (Å²) in [4.78, 5) is 32.3. The third-order valence-corrected chi connectivity index (χ3v) is 5.89. The molecule has 3 aromatic heterocycles. The maximum Gasteiger partial charge on any atom is 0.245 e. The van der Waals surface area contributed by atoms with Crippen LogP contribution >= 0.6 is 0 Å². The molecular weight excluding hydrogens is 376 g/mol. The molecule has 1 aliphatic rings. The summed E-state index contributed by atoms with van der Waals surface area (Å²) in [6.45, 7) is 7.69. The van der Waals surface area contributed by atoms with Crippen molar-refractivity contribution in [3.63, 3.8) is 0 Å². The van der Waals surface area contributed by atoms with E-state index in [4.69, 9.17) is 0 Å². The number of nitrogens with zero attached hydrogens (tertiary/aromatic N) is 6. The standard InChI is InChI=1S/C23H28N6O/c1-16(2)22-26-8-11-29(22)17(3)23(30)28-9-6-18(7-10-28)21-5-4-19(14-27-21)20-12-24-15-25-13-20/h4-5,8,11-18H,6-7,9-10H2,1-3H3/t17-/m1/s1. The van der Waals surface area contributed by atoms with E-state index in [9.17, 15) is 4.79 Å². The average molecular weight is 405 g/mol. The van der Waals surface area contributed by atoms with E-state index < -0.39 is 0 Å². The zero-order valence-corrected chi connectivity index (χ0v) is 17.8. The number of hydrogen-bond donors (Lipinski definition) is 0. The predicted octanol–water partition coefficient (Wildman–Crippen LogP) is 3.83. The minimum Gasteiger partial charge on any atom is -0.341 e. The van der Waals surface area contributed by atoms with Crippen molar-refractivity contribution < 1.29 is 4.79 Å². The van der Waals surface area contributed by atoms with Crippen LogP contribution < -0.4 is 0 Å². The first-order valence-corrected chi connectivity index (χ1v) is 10.6. The minimum absolute atomic E-state index is 0.167. The van der Waals surface area contributed by atoms with Crippen LogP contribution in [0.15, 0.2) is 49.4 Å². The molecule has 4 heterocycles. The Morgan fingerprint density at radius 1 is 1.00 bits per heavy atom. The summed E-state index contributed by atoms with van der Waals surface area (Å²) in [6, 6.07) is 3.94. The molecule has 0 aromatic carbocycles. The van der Waals surface area contributed by atoms with Crippen LogP contribution in [0.25, 0.3) is 11.1 Å². The number of carbonyl (C=O) groups is 1. The van der Waals surface area contributed by atoms with Gasteiger partial charge in [0.15, 0.2) is 0 Å². The summed E-state index contributed by atoms with van der Waals surface area (Å²) in [5, 5.41) is 0. The predicted molar refractivity (Wildman–Crippen MR) is 115 cm³/mol. The fourth-order valence-corrected chi connectivity index (χ4v) is 4.14. The van der Waals surface area contributed by atoms with E-state index >= 15 is 0 Å². The Bertz CT molecular complexity index is 974. The van der Waals surface area contributed by atoms with Crippen molar-refractivity contribution >= 4 is 5.91 Å². The van der Waals surface area contributed by atoms with Gasteiger partial charge < -0.3 is 9.47 Å². The number of piperidine rings is 1. The van der Waals surface area contributed by atoms with Crippen LogP contribution in [-0.2, 0) is 4.79 Å². The van der Waals surface area contributed by atoms with Crippen molar-refractivity contribution in [2.45, 2.75) is 51.5 Å². The van der Waals surface area contributed by atoms with Crippen LogP contribution in [0, 0.1) is 0 Å². The highest BCUT2D eigenvalue weighted by molar-refractivity contribution is 5.80. The Balaban J connectivity index is 1.37. The average Bonchev–Trinajstić information content (AvgIpc) is 3.29. The lowest BCUT2D eigenvalue weighted by molar-refractivity contribution is -0.135. The number of aromatic nitrogens is 5. The lowest BCUT2D eigenvalue weighted by atomic mass is 9.92. The summed E-state index contributed by atoms with van der Waals surface area (Å²) < 4.78 is 2.01. The number of imidazole rings is 1. The zero-order valence-electron chi connectivity index (χ0n) is 17.8. The fourth-order valence-electron chi connectivity index (χ4n) is 4.14. The highest BCUT2D eigenvalue weighted by Crippen LogP contribution is 2.29. The van der Waals surface area contributed by atoms with Crippen molar-refractivity contribution in [1.29, 1.82) is 0 Å². The van der Waals surface area contributed by atoms with E-state index in [1.54, 1.807) is 18.6 Å². The Morgan fingerprint density at radius 3 is 2.37 bits per heavy atom. The van der Waals surface area contributed by atoms with Crippen LogP contribution in [0.2, 0.25) is 0 Å². The van der Waals surface area contributed by atoms with Gasteiger partial charge in [-0.15, -0.1) is 0 Å². The molecule has 156 valence electrons. The Hall–Kier alpha value is -3.09. The van der Waals surface area contributed by atoms with Gasteiger partial charge in [0.1, 0.15) is 18.2 Å². The molecule has 1 fully saturated rings. The first-order chi connectivity index (χ1) is 14.5. The number of amides is 1. The van der Waals surface area contributed by atoms with Gasteiger partial charge >= 0.3 is 0 Å². The highest BCUT2D eigenvalue weighted by Gasteiger charge is 2.29. The van der Waals surface area contributed by atoms with Gasteiger partial charge in [-0.05, 0) is 25.8 Å². The second kappa shape index (κ2) is 8.73. The van der Waals surface area contributed by atoms with E-state index in [2.05, 4.69) is 45.9 Å². The summed E-state index contributed by atoms with van der Waals surface area (Å²) in [6.07, 6.45) is 12.5. The van der Waals surface area contributed by atoms with Crippen LogP contribution in [0.1, 0.15) is 63.0 Å². The molecule has 1 saturated heterocycles. The molecule has 0 N–H and O–H groups in total. The molecule has 0 radical (unpaired) electrons. The van der Waals surface area contributed by atoms with Crippen LogP contribution in [0.3, 0.4) is 0 Å². The molecule has 1 amide bonds. The SMILES string of the molecule is CC(C)c1nccn1[C@H](C)C(=O)N1CCC(c2ccc(-c3cncnc3)cn2)CC1. The van der Waals surface area contributed by atoms with Gasteiger partial charge in [0.25, 0.3) is 0 Å². The lowest BCUT2D eigenvalue weighted by Crippen LogP contribution is -2.41. The second-order valence-electron chi connectivity index (χ2n) is 8.22. The maximum atomic E-state index is 13.1. The summed E-state index contributed by atoms with van der Waals surface area (Å²) in [7, 11) is 0. The third-order valence-electron chi connectivity index (χ3n) is 5.89. The zero-order chi connectivity index (χ0) is 21.1. The normalized spacial score (nSPS) is 16.1. The molecule has 0 unspecified atom stereocenters. The first-order valence-electron chi connectivity index (χ1n) is 10.6. The Morgan fingerprint density at radius 2 is 1.73 bits per heavy atom. The highest BCUT2D eigenvalue weighted by atomic mass is 16.2. The van der Waals surface area contributed by atoms with Crippen molar-refractivity contribution in [2.75, 3.05) is 13.1 Å². The van der Waals surface area contributed by atoms with E-state index in [0.29, 0.717) is 5.92 Å². The fraction of sp³-hybridized carbons (Fsp3) is 0.435. The van der Waals surface area contributed by atoms with Crippen molar-refractivity contribution in [3.8, 4) is 11.1 Å². The van der Waals surface area contributed by atoms with E-state index in [1.807, 2.05) is 28.8 Å². The number of carbonyl (C=O) groups excluding carboxylic acids is 1. The third kappa shape index (κ3) is 4.10. The molecule has 4 rings (SSSR count). The summed E-state index contributed by atoms with van der Waals surface area (Å²) in [5.41, 5.74) is 3.07. The molecule has 1 atom stereocenters. The number of likely N-dealkylation sites (tertiary alicyclic amines) is 1. The topological polar surface area (TPSA) is 76.8 Å². The molecule has 0 aliphatic carbocycles. The molecule has 0 bridgehead atoms. The van der Waals surface area contributed by atoms with Gasteiger partial charge in [0.05, 0.1) is 0 Å². The largest absolute Gasteiger partial charge is 0.341 e. The van der Waals surface area contributed by atoms with Gasteiger partial charge in [0, 0.05) is 72.7 Å². The van der Waals surface area contributed by atoms with Crippen LogP contribution in [0.5, 0.6) is 0 Å². The van der Waals surface area contributed by atoms with Crippen LogP contribution in [0.4, 0.5) is 0 Å². The molecule has 0 spiro atoms. The van der Waals surface area contributed by atoms with Crippen molar-refractivity contribution in [3.05, 3.63) is 61.0 Å². The number of pyridine rings is 1. The molecule has 7 nitrogen and oxygen atoms in total. The molecular formula is C23H28N6O. The molecule has 0 saturated carbocycles. The Labute approximate surface area is 177 Å². The second-order valence-corrected chi connectivity index (χ2v) is 8.22. The lowest BCUT2D eigenvalue weighted by Gasteiger charge is -2.34. The summed E-state index contributed by atoms with van der Waals surface area (Å²) >= 11 is 0. The monoisotopic (exact) mass is 404 g/mol. The van der Waals surface area contributed by atoms with Crippen LogP contribution in [-0.4, -0.2) is 48.4 Å². The van der Waals surface area contributed by atoms with Crippen molar-refractivity contribution in [1.82, 2.24) is 29.4 Å². The summed E-state index contributed by atoms with van der Waals surface area (Å²) in [5.74, 6) is 1.79. The maximum absolute atomic E-state index is 13.1. The van der Waals surface area contributed by atoms with E-state index in [1.165, 1.54) is 6.33 Å².